The van der Waals surface area contributed by atoms with Crippen LogP contribution >= 0.6 is 11.6 Å². The van der Waals surface area contributed by atoms with E-state index in [-0.39, 0.29) is 0 Å². The lowest BCUT2D eigenvalue weighted by Gasteiger charge is -2.05. The maximum absolute atomic E-state index is 5.87. The molecular formula is C12H14ClN3. The van der Waals surface area contributed by atoms with Gasteiger partial charge in [-0.3, -0.25) is 0 Å². The number of nitrogens with zero attached hydrogens (tertiary/aromatic N) is 2. The lowest BCUT2D eigenvalue weighted by Crippen LogP contribution is -2.09. The summed E-state index contributed by atoms with van der Waals surface area (Å²) in [6.07, 6.45) is 1.83. The van der Waals surface area contributed by atoms with Crippen LogP contribution in [0.15, 0.2) is 30.6 Å². The lowest BCUT2D eigenvalue weighted by molar-refractivity contribution is 0.735. The molecule has 4 heteroatoms. The summed E-state index contributed by atoms with van der Waals surface area (Å²) in [7, 11) is 3.93. The second-order valence-corrected chi connectivity index (χ2v) is 4.12. The third-order valence-corrected chi connectivity index (χ3v) is 2.77. The molecule has 0 aliphatic rings. The molecule has 1 heterocycles. The summed E-state index contributed by atoms with van der Waals surface area (Å²) in [5.41, 5.74) is 3.27. The number of aryl methyl sites for hydroxylation is 1. The molecule has 0 aliphatic carbocycles. The Bertz CT molecular complexity index is 474. The van der Waals surface area contributed by atoms with Gasteiger partial charge in [0, 0.05) is 24.2 Å². The van der Waals surface area contributed by atoms with Crippen LogP contribution in [0.1, 0.15) is 5.69 Å². The Labute approximate surface area is 100 Å². The third kappa shape index (κ3) is 2.10. The highest BCUT2D eigenvalue weighted by molar-refractivity contribution is 6.30. The molecule has 16 heavy (non-hydrogen) atoms. The van der Waals surface area contributed by atoms with Crippen molar-refractivity contribution in [2.45, 2.75) is 6.54 Å². The van der Waals surface area contributed by atoms with E-state index in [2.05, 4.69) is 10.3 Å². The number of rotatable bonds is 3. The molecule has 0 unspecified atom stereocenters. The molecule has 0 spiro atoms. The Morgan fingerprint density at radius 3 is 2.62 bits per heavy atom. The van der Waals surface area contributed by atoms with E-state index in [1.165, 1.54) is 5.69 Å². The van der Waals surface area contributed by atoms with Crippen molar-refractivity contribution in [3.05, 3.63) is 41.3 Å². The predicted octanol–water partition coefficient (Wildman–Crippen LogP) is 2.46. The summed E-state index contributed by atoms with van der Waals surface area (Å²) in [4.78, 5) is 4.41. The number of hydrogen-bond acceptors (Lipinski definition) is 2. The van der Waals surface area contributed by atoms with Crippen LogP contribution in [-0.4, -0.2) is 16.6 Å². The van der Waals surface area contributed by atoms with Gasteiger partial charge in [-0.1, -0.05) is 23.7 Å². The molecule has 3 nitrogen and oxygen atoms in total. The highest BCUT2D eigenvalue weighted by atomic mass is 35.5. The van der Waals surface area contributed by atoms with Gasteiger partial charge in [0.25, 0.3) is 0 Å². The van der Waals surface area contributed by atoms with E-state index in [0.717, 1.165) is 22.8 Å². The van der Waals surface area contributed by atoms with Crippen LogP contribution in [0.5, 0.6) is 0 Å². The standard InChI is InChI=1S/C12H14ClN3/c1-14-7-11-12(15-8-16(11)2)9-3-5-10(13)6-4-9/h3-6,8,14H,7H2,1-2H3. The number of imidazole rings is 1. The fraction of sp³-hybridized carbons (Fsp3) is 0.250. The molecule has 0 aliphatic heterocycles. The summed E-state index contributed by atoms with van der Waals surface area (Å²) in [5.74, 6) is 0. The average molecular weight is 236 g/mol. The van der Waals surface area contributed by atoms with Crippen molar-refractivity contribution in [3.8, 4) is 11.3 Å². The molecule has 0 amide bonds. The summed E-state index contributed by atoms with van der Waals surface area (Å²) in [6.45, 7) is 0.800. The average Bonchev–Trinajstić information content (AvgIpc) is 2.63. The Hall–Kier alpha value is -1.32. The highest BCUT2D eigenvalue weighted by Crippen LogP contribution is 2.23. The SMILES string of the molecule is CNCc1c(-c2ccc(Cl)cc2)ncn1C. The van der Waals surface area contributed by atoms with E-state index in [9.17, 15) is 0 Å². The molecule has 2 aromatic rings. The first-order valence-electron chi connectivity index (χ1n) is 5.13. The van der Waals surface area contributed by atoms with Crippen molar-refractivity contribution in [2.75, 3.05) is 7.05 Å². The summed E-state index contributed by atoms with van der Waals surface area (Å²) in [6, 6.07) is 7.75. The van der Waals surface area contributed by atoms with Crippen LogP contribution in [0.25, 0.3) is 11.3 Å². The predicted molar refractivity (Wildman–Crippen MR) is 66.4 cm³/mol. The molecular weight excluding hydrogens is 222 g/mol. The second kappa shape index (κ2) is 4.68. The maximum atomic E-state index is 5.87. The van der Waals surface area contributed by atoms with Crippen molar-refractivity contribution >= 4 is 11.6 Å². The van der Waals surface area contributed by atoms with Gasteiger partial charge in [0.15, 0.2) is 0 Å². The molecule has 84 valence electrons. The maximum Gasteiger partial charge on any atom is 0.0953 e. The lowest BCUT2D eigenvalue weighted by atomic mass is 10.1. The molecule has 1 N–H and O–H groups in total. The van der Waals surface area contributed by atoms with Crippen molar-refractivity contribution in [1.82, 2.24) is 14.9 Å². The molecule has 1 aromatic carbocycles. The first-order chi connectivity index (χ1) is 7.72. The number of aromatic nitrogens is 2. The van der Waals surface area contributed by atoms with Crippen LogP contribution < -0.4 is 5.32 Å². The minimum Gasteiger partial charge on any atom is -0.336 e. The van der Waals surface area contributed by atoms with Crippen LogP contribution in [0.4, 0.5) is 0 Å². The molecule has 0 saturated heterocycles. The van der Waals surface area contributed by atoms with Crippen molar-refractivity contribution < 1.29 is 0 Å². The van der Waals surface area contributed by atoms with E-state index in [1.807, 2.05) is 49.3 Å². The first kappa shape index (κ1) is 11.2. The Morgan fingerprint density at radius 1 is 1.31 bits per heavy atom. The van der Waals surface area contributed by atoms with Gasteiger partial charge < -0.3 is 9.88 Å². The first-order valence-corrected chi connectivity index (χ1v) is 5.51. The molecule has 0 atom stereocenters. The fourth-order valence-corrected chi connectivity index (χ4v) is 1.81. The molecule has 0 bridgehead atoms. The van der Waals surface area contributed by atoms with Crippen molar-refractivity contribution in [2.24, 2.45) is 7.05 Å². The van der Waals surface area contributed by atoms with E-state index < -0.39 is 0 Å². The Morgan fingerprint density at radius 2 is 2.00 bits per heavy atom. The van der Waals surface area contributed by atoms with Gasteiger partial charge in [-0.2, -0.15) is 0 Å². The van der Waals surface area contributed by atoms with Gasteiger partial charge in [0.2, 0.25) is 0 Å². The molecule has 0 radical (unpaired) electrons. The van der Waals surface area contributed by atoms with Crippen molar-refractivity contribution in [3.63, 3.8) is 0 Å². The van der Waals surface area contributed by atoms with Gasteiger partial charge in [-0.05, 0) is 19.2 Å². The van der Waals surface area contributed by atoms with Crippen LogP contribution in [0.3, 0.4) is 0 Å². The zero-order valence-corrected chi connectivity index (χ0v) is 10.1. The Kier molecular flexibility index (Phi) is 3.27. The van der Waals surface area contributed by atoms with Crippen LogP contribution in [0, 0.1) is 0 Å². The molecule has 1 aromatic heterocycles. The summed E-state index contributed by atoms with van der Waals surface area (Å²) >= 11 is 5.87. The van der Waals surface area contributed by atoms with Crippen LogP contribution in [-0.2, 0) is 13.6 Å². The third-order valence-electron chi connectivity index (χ3n) is 2.52. The van der Waals surface area contributed by atoms with Gasteiger partial charge in [0.05, 0.1) is 17.7 Å². The number of benzene rings is 1. The zero-order chi connectivity index (χ0) is 11.5. The monoisotopic (exact) mass is 235 g/mol. The second-order valence-electron chi connectivity index (χ2n) is 3.69. The molecule has 0 fully saturated rings. The summed E-state index contributed by atoms with van der Waals surface area (Å²) in [5, 5.41) is 3.89. The topological polar surface area (TPSA) is 29.9 Å². The smallest absolute Gasteiger partial charge is 0.0953 e. The fourth-order valence-electron chi connectivity index (χ4n) is 1.68. The normalized spacial score (nSPS) is 10.7. The Balaban J connectivity index is 2.43. The molecule has 0 saturated carbocycles. The zero-order valence-electron chi connectivity index (χ0n) is 9.37. The van der Waals surface area contributed by atoms with Gasteiger partial charge >= 0.3 is 0 Å². The van der Waals surface area contributed by atoms with E-state index in [1.54, 1.807) is 0 Å². The number of halogens is 1. The number of nitrogens with one attached hydrogen (secondary N) is 1. The number of hydrogen-bond donors (Lipinski definition) is 1. The molecule has 2 rings (SSSR count). The highest BCUT2D eigenvalue weighted by Gasteiger charge is 2.09. The van der Waals surface area contributed by atoms with E-state index >= 15 is 0 Å². The van der Waals surface area contributed by atoms with Gasteiger partial charge in [-0.15, -0.1) is 0 Å². The van der Waals surface area contributed by atoms with Gasteiger partial charge in [-0.25, -0.2) is 4.98 Å². The van der Waals surface area contributed by atoms with E-state index in [0.29, 0.717) is 0 Å². The quantitative estimate of drug-likeness (QED) is 0.886. The van der Waals surface area contributed by atoms with Crippen molar-refractivity contribution in [1.29, 1.82) is 0 Å². The largest absolute Gasteiger partial charge is 0.336 e. The van der Waals surface area contributed by atoms with Crippen LogP contribution in [0.2, 0.25) is 5.02 Å². The van der Waals surface area contributed by atoms with E-state index in [4.69, 9.17) is 11.6 Å². The minimum absolute atomic E-state index is 0.745. The van der Waals surface area contributed by atoms with Gasteiger partial charge in [0.1, 0.15) is 0 Å². The summed E-state index contributed by atoms with van der Waals surface area (Å²) < 4.78 is 2.03. The minimum atomic E-state index is 0.745.